The first kappa shape index (κ1) is 32.0. The van der Waals surface area contributed by atoms with Crippen LogP contribution in [0.1, 0.15) is 22.9 Å². The second kappa shape index (κ2) is 12.6. The Bertz CT molecular complexity index is 3390. The molecule has 268 valence electrons. The van der Waals surface area contributed by atoms with Crippen LogP contribution in [0.2, 0.25) is 0 Å². The topological polar surface area (TPSA) is 54.8 Å². The van der Waals surface area contributed by atoms with Gasteiger partial charge in [-0.25, -0.2) is 9.98 Å². The third kappa shape index (κ3) is 5.01. The van der Waals surface area contributed by atoms with Crippen molar-refractivity contribution in [2.75, 3.05) is 0 Å². The Morgan fingerprint density at radius 1 is 0.509 bits per heavy atom. The molecular formula is C51H32N4OS. The average molecular weight is 749 g/mol. The van der Waals surface area contributed by atoms with Gasteiger partial charge in [0.25, 0.3) is 0 Å². The molecular weight excluding hydrogens is 717 g/mol. The fourth-order valence-electron chi connectivity index (χ4n) is 8.79. The molecule has 0 radical (unpaired) electrons. The number of hydrogen-bond donors (Lipinski definition) is 1. The van der Waals surface area contributed by atoms with Crippen LogP contribution in [0.5, 0.6) is 0 Å². The normalized spacial score (nSPS) is 14.5. The Kier molecular flexibility index (Phi) is 7.09. The van der Waals surface area contributed by atoms with E-state index >= 15 is 0 Å². The minimum atomic E-state index is -0.359. The Hall–Kier alpha value is -7.28. The Morgan fingerprint density at radius 3 is 1.89 bits per heavy atom. The van der Waals surface area contributed by atoms with Gasteiger partial charge in [0.05, 0.1) is 11.0 Å². The molecule has 8 aromatic carbocycles. The second-order valence-electron chi connectivity index (χ2n) is 14.5. The number of aromatic nitrogens is 1. The lowest BCUT2D eigenvalue weighted by Gasteiger charge is -2.24. The van der Waals surface area contributed by atoms with Crippen molar-refractivity contribution in [2.24, 2.45) is 9.98 Å². The zero-order valence-electron chi connectivity index (χ0n) is 30.6. The maximum Gasteiger partial charge on any atom is 0.159 e. The summed E-state index contributed by atoms with van der Waals surface area (Å²) in [6, 6.07) is 64.2. The minimum absolute atomic E-state index is 0.359. The van der Waals surface area contributed by atoms with E-state index in [0.29, 0.717) is 5.84 Å². The second-order valence-corrected chi connectivity index (χ2v) is 15.6. The third-order valence-corrected chi connectivity index (χ3v) is 12.4. The highest BCUT2D eigenvalue weighted by Gasteiger charge is 2.26. The van der Waals surface area contributed by atoms with E-state index in [1.165, 1.54) is 47.5 Å². The van der Waals surface area contributed by atoms with Gasteiger partial charge in [0.2, 0.25) is 0 Å². The number of nitrogens with zero attached hydrogens (tertiary/aromatic N) is 3. The van der Waals surface area contributed by atoms with Crippen LogP contribution in [0.3, 0.4) is 0 Å². The van der Waals surface area contributed by atoms with Crippen LogP contribution in [0.4, 0.5) is 0 Å². The van der Waals surface area contributed by atoms with Crippen LogP contribution in [0.25, 0.3) is 80.7 Å². The van der Waals surface area contributed by atoms with Gasteiger partial charge in [-0.3, -0.25) is 0 Å². The number of para-hydroxylation sites is 2. The van der Waals surface area contributed by atoms with Gasteiger partial charge >= 0.3 is 0 Å². The number of furan rings is 1. The van der Waals surface area contributed by atoms with Crippen LogP contribution in [0.15, 0.2) is 196 Å². The summed E-state index contributed by atoms with van der Waals surface area (Å²) in [6.07, 6.45) is -0.359. The summed E-state index contributed by atoms with van der Waals surface area (Å²) >= 11 is 1.82. The lowest BCUT2D eigenvalue weighted by atomic mass is 9.93. The van der Waals surface area contributed by atoms with Gasteiger partial charge in [0.15, 0.2) is 5.84 Å². The molecule has 5 nitrogen and oxygen atoms in total. The van der Waals surface area contributed by atoms with Gasteiger partial charge in [-0.2, -0.15) is 0 Å². The van der Waals surface area contributed by atoms with E-state index in [1.54, 1.807) is 0 Å². The SMILES string of the molecule is c1ccc(C2=NC(c3cccc4sc5cccc(-c6cccc7oc8ccc(-n9c%10ccccc%10c%10ccccc%109)cc8c67)c5c34)NC(c3ccccc3)=N2)cc1. The maximum absolute atomic E-state index is 6.62. The number of fused-ring (bicyclic) bond motifs is 9. The highest BCUT2D eigenvalue weighted by atomic mass is 32.1. The molecule has 0 fully saturated rings. The lowest BCUT2D eigenvalue weighted by molar-refractivity contribution is 0.669. The summed E-state index contributed by atoms with van der Waals surface area (Å²) in [7, 11) is 0. The molecule has 1 aliphatic rings. The highest BCUT2D eigenvalue weighted by molar-refractivity contribution is 7.26. The Morgan fingerprint density at radius 2 is 1.14 bits per heavy atom. The number of aliphatic imine (C=N–C) groups is 2. The fourth-order valence-corrected chi connectivity index (χ4v) is 9.96. The number of hydrogen-bond acceptors (Lipinski definition) is 5. The molecule has 3 aromatic heterocycles. The average Bonchev–Trinajstić information content (AvgIpc) is 3.96. The van der Waals surface area contributed by atoms with Crippen molar-refractivity contribution in [3.8, 4) is 16.8 Å². The predicted octanol–water partition coefficient (Wildman–Crippen LogP) is 13.2. The molecule has 6 heteroatoms. The Balaban J connectivity index is 1.08. The fraction of sp³-hybridized carbons (Fsp3) is 0.0196. The number of benzene rings is 8. The van der Waals surface area contributed by atoms with Crippen LogP contribution >= 0.6 is 11.3 Å². The molecule has 1 aliphatic heterocycles. The van der Waals surface area contributed by atoms with E-state index in [4.69, 9.17) is 14.4 Å². The van der Waals surface area contributed by atoms with Crippen molar-refractivity contribution in [1.82, 2.24) is 9.88 Å². The monoisotopic (exact) mass is 748 g/mol. The molecule has 1 atom stereocenters. The van der Waals surface area contributed by atoms with Gasteiger partial charge < -0.3 is 14.3 Å². The summed E-state index contributed by atoms with van der Waals surface area (Å²) in [5, 5.41) is 10.8. The van der Waals surface area contributed by atoms with Gasteiger partial charge in [-0.1, -0.05) is 133 Å². The first-order valence-electron chi connectivity index (χ1n) is 19.2. The molecule has 0 amide bonds. The summed E-state index contributed by atoms with van der Waals surface area (Å²) in [5.74, 6) is 1.52. The van der Waals surface area contributed by atoms with E-state index in [0.717, 1.165) is 55.7 Å². The molecule has 0 bridgehead atoms. The molecule has 4 heterocycles. The third-order valence-electron chi connectivity index (χ3n) is 11.3. The molecule has 1 unspecified atom stereocenters. The van der Waals surface area contributed by atoms with Crippen LogP contribution < -0.4 is 5.32 Å². The lowest BCUT2D eigenvalue weighted by Crippen LogP contribution is -2.33. The van der Waals surface area contributed by atoms with E-state index in [1.807, 2.05) is 47.7 Å². The smallest absolute Gasteiger partial charge is 0.159 e. The summed E-state index contributed by atoms with van der Waals surface area (Å²) < 4.78 is 11.4. The highest BCUT2D eigenvalue weighted by Crippen LogP contribution is 2.46. The van der Waals surface area contributed by atoms with Crippen molar-refractivity contribution in [2.45, 2.75) is 6.17 Å². The number of thiophene rings is 1. The first-order chi connectivity index (χ1) is 28.3. The van der Waals surface area contributed by atoms with E-state index in [2.05, 4.69) is 155 Å². The van der Waals surface area contributed by atoms with Crippen molar-refractivity contribution in [1.29, 1.82) is 0 Å². The number of nitrogens with one attached hydrogen (secondary N) is 1. The summed E-state index contributed by atoms with van der Waals surface area (Å²) in [5.41, 5.74) is 10.6. The van der Waals surface area contributed by atoms with Gasteiger partial charge in [0.1, 0.15) is 23.2 Å². The zero-order valence-corrected chi connectivity index (χ0v) is 31.4. The zero-order chi connectivity index (χ0) is 37.5. The van der Waals surface area contributed by atoms with Crippen LogP contribution in [-0.2, 0) is 0 Å². The molecule has 0 saturated heterocycles. The van der Waals surface area contributed by atoms with Gasteiger partial charge in [0, 0.05) is 64.1 Å². The summed E-state index contributed by atoms with van der Waals surface area (Å²) in [6.45, 7) is 0. The molecule has 12 rings (SSSR count). The molecule has 0 aliphatic carbocycles. The van der Waals surface area contributed by atoms with Crippen LogP contribution in [0, 0.1) is 0 Å². The molecule has 1 N–H and O–H groups in total. The van der Waals surface area contributed by atoms with E-state index < -0.39 is 0 Å². The molecule has 57 heavy (non-hydrogen) atoms. The standard InChI is InChI=1S/C51H32N4OS/c1-3-14-31(15-4-1)49-52-50(32-16-5-2-6-17-32)54-51(53-49)38-22-13-27-45-48(38)47-37(21-12-26-44(47)57-45)36-20-11-25-43-46(36)39-30-33(28-29-42(39)56-43)55-40-23-9-7-18-34(40)35-19-8-10-24-41(35)55/h1-30,51H,(H,52,53,54). The van der Waals surface area contributed by atoms with Gasteiger partial charge in [-0.05, 0) is 59.7 Å². The van der Waals surface area contributed by atoms with Crippen molar-refractivity contribution >= 4 is 86.9 Å². The predicted molar refractivity (Wildman–Crippen MR) is 238 cm³/mol. The van der Waals surface area contributed by atoms with E-state index in [9.17, 15) is 0 Å². The largest absolute Gasteiger partial charge is 0.456 e. The van der Waals surface area contributed by atoms with E-state index in [-0.39, 0.29) is 6.17 Å². The first-order valence-corrected chi connectivity index (χ1v) is 20.0. The van der Waals surface area contributed by atoms with Crippen molar-refractivity contribution in [3.05, 3.63) is 199 Å². The molecule has 11 aromatic rings. The van der Waals surface area contributed by atoms with Crippen molar-refractivity contribution in [3.63, 3.8) is 0 Å². The maximum atomic E-state index is 6.62. The number of amidine groups is 2. The molecule has 0 saturated carbocycles. The molecule has 0 spiro atoms. The van der Waals surface area contributed by atoms with Crippen molar-refractivity contribution < 1.29 is 4.42 Å². The van der Waals surface area contributed by atoms with Gasteiger partial charge in [-0.15, -0.1) is 11.3 Å². The minimum Gasteiger partial charge on any atom is -0.456 e. The summed E-state index contributed by atoms with van der Waals surface area (Å²) in [4.78, 5) is 10.4. The Labute approximate surface area is 331 Å². The quantitative estimate of drug-likeness (QED) is 0.191. The van der Waals surface area contributed by atoms with Crippen LogP contribution in [-0.4, -0.2) is 16.2 Å². The number of rotatable bonds is 5.